The first-order valence-electron chi connectivity index (χ1n) is 10.2. The third kappa shape index (κ3) is 6.03. The summed E-state index contributed by atoms with van der Waals surface area (Å²) in [7, 11) is 0. The summed E-state index contributed by atoms with van der Waals surface area (Å²) in [6, 6.07) is 10.3. The van der Waals surface area contributed by atoms with Crippen molar-refractivity contribution < 1.29 is 4.79 Å². The molecule has 6 heteroatoms. The maximum absolute atomic E-state index is 12.5. The van der Waals surface area contributed by atoms with Crippen LogP contribution in [-0.2, 0) is 11.2 Å². The summed E-state index contributed by atoms with van der Waals surface area (Å²) in [6.45, 7) is 4.71. The van der Waals surface area contributed by atoms with Crippen LogP contribution in [0.15, 0.2) is 30.3 Å². The largest absolute Gasteiger partial charge is 0.356 e. The standard InChI is InChI=1S/C21H30N4OS/c1-2-3-4-8-13-22-20(26)18-12-9-14-25(16-18)21-23-19(24-27-21)15-17-10-6-5-7-11-17/h5-7,10-11,18H,2-4,8-9,12-16H2,1H3,(H,22,26). The monoisotopic (exact) mass is 386 g/mol. The number of nitrogens with zero attached hydrogens (tertiary/aromatic N) is 3. The third-order valence-corrected chi connectivity index (χ3v) is 5.87. The number of benzene rings is 1. The van der Waals surface area contributed by atoms with Gasteiger partial charge in [-0.1, -0.05) is 56.5 Å². The highest BCUT2D eigenvalue weighted by Crippen LogP contribution is 2.25. The van der Waals surface area contributed by atoms with E-state index in [0.29, 0.717) is 0 Å². The molecular formula is C21H30N4OS. The Morgan fingerprint density at radius 2 is 2.11 bits per heavy atom. The van der Waals surface area contributed by atoms with Gasteiger partial charge < -0.3 is 10.2 Å². The van der Waals surface area contributed by atoms with Gasteiger partial charge in [-0.2, -0.15) is 4.37 Å². The van der Waals surface area contributed by atoms with Gasteiger partial charge in [-0.05, 0) is 24.8 Å². The van der Waals surface area contributed by atoms with Gasteiger partial charge in [-0.3, -0.25) is 4.79 Å². The molecule has 1 saturated heterocycles. The average molecular weight is 387 g/mol. The lowest BCUT2D eigenvalue weighted by molar-refractivity contribution is -0.125. The van der Waals surface area contributed by atoms with Crippen LogP contribution in [0.5, 0.6) is 0 Å². The van der Waals surface area contributed by atoms with Crippen molar-refractivity contribution in [1.29, 1.82) is 0 Å². The quantitative estimate of drug-likeness (QED) is 0.661. The molecule has 1 N–H and O–H groups in total. The zero-order valence-corrected chi connectivity index (χ0v) is 17.0. The van der Waals surface area contributed by atoms with Gasteiger partial charge in [-0.15, -0.1) is 0 Å². The minimum absolute atomic E-state index is 0.0615. The number of rotatable bonds is 9. The van der Waals surface area contributed by atoms with E-state index < -0.39 is 0 Å². The fourth-order valence-electron chi connectivity index (χ4n) is 3.50. The average Bonchev–Trinajstić information content (AvgIpc) is 3.17. The molecule has 1 aliphatic rings. The predicted octanol–water partition coefficient (Wildman–Crippen LogP) is 4.04. The molecule has 0 saturated carbocycles. The Labute approximate surface area is 166 Å². The third-order valence-electron chi connectivity index (χ3n) is 5.05. The number of nitrogens with one attached hydrogen (secondary N) is 1. The van der Waals surface area contributed by atoms with Crippen molar-refractivity contribution in [3.63, 3.8) is 0 Å². The SMILES string of the molecule is CCCCCCNC(=O)C1CCCN(c2nc(Cc3ccccc3)ns2)C1. The molecule has 2 heterocycles. The Morgan fingerprint density at radius 1 is 1.26 bits per heavy atom. The van der Waals surface area contributed by atoms with Crippen molar-refractivity contribution in [3.8, 4) is 0 Å². The topological polar surface area (TPSA) is 58.1 Å². The van der Waals surface area contributed by atoms with Crippen LogP contribution in [0.4, 0.5) is 5.13 Å². The van der Waals surface area contributed by atoms with Gasteiger partial charge in [0, 0.05) is 37.6 Å². The second kappa shape index (κ2) is 10.4. The van der Waals surface area contributed by atoms with E-state index in [4.69, 9.17) is 4.98 Å². The molecule has 3 rings (SSSR count). The lowest BCUT2D eigenvalue weighted by Crippen LogP contribution is -2.43. The Balaban J connectivity index is 1.50. The Kier molecular flexibility index (Phi) is 7.63. The summed E-state index contributed by atoms with van der Waals surface area (Å²) in [5.41, 5.74) is 1.22. The summed E-state index contributed by atoms with van der Waals surface area (Å²) in [5, 5.41) is 4.07. The zero-order valence-electron chi connectivity index (χ0n) is 16.2. The smallest absolute Gasteiger partial charge is 0.224 e. The van der Waals surface area contributed by atoms with Crippen LogP contribution in [0.1, 0.15) is 56.8 Å². The number of piperidine rings is 1. The van der Waals surface area contributed by atoms with E-state index in [1.807, 2.05) is 18.2 Å². The molecule has 1 aromatic heterocycles. The Hall–Kier alpha value is -1.95. The molecule has 2 aromatic rings. The zero-order chi connectivity index (χ0) is 18.9. The summed E-state index contributed by atoms with van der Waals surface area (Å²) in [5.74, 6) is 1.13. The van der Waals surface area contributed by atoms with Crippen LogP contribution >= 0.6 is 11.5 Å². The van der Waals surface area contributed by atoms with Crippen LogP contribution in [0.25, 0.3) is 0 Å². The first-order valence-corrected chi connectivity index (χ1v) is 10.9. The van der Waals surface area contributed by atoms with Gasteiger partial charge in [0.1, 0.15) is 5.82 Å². The molecule has 1 unspecified atom stereocenters. The van der Waals surface area contributed by atoms with Crippen LogP contribution in [-0.4, -0.2) is 34.9 Å². The molecule has 1 aromatic carbocycles. The van der Waals surface area contributed by atoms with E-state index in [1.54, 1.807) is 0 Å². The summed E-state index contributed by atoms with van der Waals surface area (Å²) < 4.78 is 4.52. The second-order valence-electron chi connectivity index (χ2n) is 7.29. The molecule has 1 amide bonds. The number of anilines is 1. The molecule has 27 heavy (non-hydrogen) atoms. The van der Waals surface area contributed by atoms with Gasteiger partial charge in [-0.25, -0.2) is 4.98 Å². The molecule has 0 radical (unpaired) electrons. The number of hydrogen-bond acceptors (Lipinski definition) is 5. The number of aromatic nitrogens is 2. The highest BCUT2D eigenvalue weighted by Gasteiger charge is 2.27. The summed E-state index contributed by atoms with van der Waals surface area (Å²) in [4.78, 5) is 19.4. The van der Waals surface area contributed by atoms with E-state index in [0.717, 1.165) is 56.3 Å². The van der Waals surface area contributed by atoms with E-state index in [9.17, 15) is 4.79 Å². The van der Waals surface area contributed by atoms with E-state index in [1.165, 1.54) is 36.4 Å². The number of carbonyl (C=O) groups excluding carboxylic acids is 1. The van der Waals surface area contributed by atoms with Crippen LogP contribution < -0.4 is 10.2 Å². The normalized spacial score (nSPS) is 17.1. The second-order valence-corrected chi connectivity index (χ2v) is 8.02. The molecular weight excluding hydrogens is 356 g/mol. The minimum Gasteiger partial charge on any atom is -0.356 e. The fraction of sp³-hybridized carbons (Fsp3) is 0.571. The van der Waals surface area contributed by atoms with Crippen LogP contribution in [0.2, 0.25) is 0 Å². The van der Waals surface area contributed by atoms with Crippen LogP contribution in [0, 0.1) is 5.92 Å². The molecule has 146 valence electrons. The lowest BCUT2D eigenvalue weighted by atomic mass is 9.97. The summed E-state index contributed by atoms with van der Waals surface area (Å²) >= 11 is 1.45. The number of hydrogen-bond donors (Lipinski definition) is 1. The maximum atomic E-state index is 12.5. The van der Waals surface area contributed by atoms with Crippen molar-refractivity contribution in [2.45, 2.75) is 51.9 Å². The highest BCUT2D eigenvalue weighted by atomic mass is 32.1. The lowest BCUT2D eigenvalue weighted by Gasteiger charge is -2.31. The van der Waals surface area contributed by atoms with Crippen LogP contribution in [0.3, 0.4) is 0 Å². The van der Waals surface area contributed by atoms with Gasteiger partial charge in [0.05, 0.1) is 5.92 Å². The fourth-order valence-corrected chi connectivity index (χ4v) is 4.22. The molecule has 0 aliphatic carbocycles. The van der Waals surface area contributed by atoms with E-state index >= 15 is 0 Å². The van der Waals surface area contributed by atoms with Gasteiger partial charge in [0.15, 0.2) is 0 Å². The summed E-state index contributed by atoms with van der Waals surface area (Å²) in [6.07, 6.45) is 7.49. The van der Waals surface area contributed by atoms with Crippen molar-refractivity contribution in [2.24, 2.45) is 5.92 Å². The van der Waals surface area contributed by atoms with Crippen molar-refractivity contribution in [3.05, 3.63) is 41.7 Å². The molecule has 5 nitrogen and oxygen atoms in total. The highest BCUT2D eigenvalue weighted by molar-refractivity contribution is 7.09. The molecule has 0 bridgehead atoms. The number of amides is 1. The number of unbranched alkanes of at least 4 members (excludes halogenated alkanes) is 3. The number of carbonyl (C=O) groups is 1. The van der Waals surface area contributed by atoms with Crippen molar-refractivity contribution >= 4 is 22.6 Å². The van der Waals surface area contributed by atoms with Crippen molar-refractivity contribution in [2.75, 3.05) is 24.5 Å². The first-order chi connectivity index (χ1) is 13.3. The minimum atomic E-state index is 0.0615. The van der Waals surface area contributed by atoms with Gasteiger partial charge in [0.2, 0.25) is 11.0 Å². The van der Waals surface area contributed by atoms with E-state index in [2.05, 4.69) is 33.6 Å². The van der Waals surface area contributed by atoms with Gasteiger partial charge >= 0.3 is 0 Å². The Morgan fingerprint density at radius 3 is 2.93 bits per heavy atom. The van der Waals surface area contributed by atoms with Gasteiger partial charge in [0.25, 0.3) is 0 Å². The molecule has 1 atom stereocenters. The van der Waals surface area contributed by atoms with Crippen molar-refractivity contribution in [1.82, 2.24) is 14.7 Å². The molecule has 1 fully saturated rings. The molecule has 0 spiro atoms. The van der Waals surface area contributed by atoms with E-state index in [-0.39, 0.29) is 11.8 Å². The predicted molar refractivity (Wildman–Crippen MR) is 111 cm³/mol. The first kappa shape index (κ1) is 19.8. The Bertz CT molecular complexity index is 703. The maximum Gasteiger partial charge on any atom is 0.224 e. The molecule has 1 aliphatic heterocycles.